The van der Waals surface area contributed by atoms with E-state index < -0.39 is 6.10 Å². The number of halogens is 1. The zero-order chi connectivity index (χ0) is 24.8. The van der Waals surface area contributed by atoms with E-state index in [1.165, 1.54) is 17.4 Å². The molecule has 2 aromatic carbocycles. The average Bonchev–Trinajstić information content (AvgIpc) is 3.43. The summed E-state index contributed by atoms with van der Waals surface area (Å²) in [6.45, 7) is 2.94. The fourth-order valence-electron chi connectivity index (χ4n) is 4.76. The minimum atomic E-state index is -0.578. The first-order valence-corrected chi connectivity index (χ1v) is 12.9. The number of hydrogen-bond acceptors (Lipinski definition) is 4. The highest BCUT2D eigenvalue weighted by Crippen LogP contribution is 2.29. The molecule has 1 saturated heterocycles. The van der Waals surface area contributed by atoms with Crippen LogP contribution in [0.5, 0.6) is 5.75 Å². The second-order valence-corrected chi connectivity index (χ2v) is 9.81. The van der Waals surface area contributed by atoms with E-state index in [1.807, 2.05) is 58.1 Å². The number of amides is 2. The third-order valence-corrected chi connectivity index (χ3v) is 7.46. The van der Waals surface area contributed by atoms with Crippen molar-refractivity contribution >= 4 is 23.2 Å². The summed E-state index contributed by atoms with van der Waals surface area (Å²) in [6, 6.07) is 17.7. The Bertz CT molecular complexity index is 1110. The van der Waals surface area contributed by atoms with Gasteiger partial charge in [-0.1, -0.05) is 36.4 Å². The Morgan fingerprint density at radius 1 is 1.09 bits per heavy atom. The molecule has 184 valence electrons. The van der Waals surface area contributed by atoms with Gasteiger partial charge in [0.2, 0.25) is 0 Å². The smallest absolute Gasteiger partial charge is 0.263 e. The summed E-state index contributed by atoms with van der Waals surface area (Å²) in [5.74, 6) is 0.461. The molecule has 0 saturated carbocycles. The Morgan fingerprint density at radius 2 is 1.77 bits per heavy atom. The lowest BCUT2D eigenvalue weighted by molar-refractivity contribution is -0.139. The van der Waals surface area contributed by atoms with Crippen LogP contribution in [0.15, 0.2) is 71.4 Å². The van der Waals surface area contributed by atoms with E-state index in [0.717, 1.165) is 12.8 Å². The molecule has 0 unspecified atom stereocenters. The summed E-state index contributed by atoms with van der Waals surface area (Å²) >= 11 is 1.48. The Balaban J connectivity index is 1.44. The van der Waals surface area contributed by atoms with Crippen LogP contribution in [0.2, 0.25) is 0 Å². The number of carbonyl (C=O) groups excluding carboxylic acids is 2. The molecule has 0 aliphatic carbocycles. The lowest BCUT2D eigenvalue weighted by Crippen LogP contribution is -2.50. The van der Waals surface area contributed by atoms with Gasteiger partial charge in [-0.2, -0.15) is 11.3 Å². The number of nitrogens with zero attached hydrogens (tertiary/aromatic N) is 2. The molecule has 4 rings (SSSR count). The van der Waals surface area contributed by atoms with Crippen LogP contribution in [0, 0.1) is 11.7 Å². The number of likely N-dealkylation sites (tertiary alicyclic amines) is 1. The van der Waals surface area contributed by atoms with E-state index in [0.29, 0.717) is 36.4 Å². The van der Waals surface area contributed by atoms with Crippen molar-refractivity contribution in [3.63, 3.8) is 0 Å². The first-order chi connectivity index (χ1) is 16.9. The molecule has 3 aromatic rings. The fourth-order valence-corrected chi connectivity index (χ4v) is 5.39. The summed E-state index contributed by atoms with van der Waals surface area (Å²) < 4.78 is 20.3. The molecule has 0 radical (unpaired) electrons. The lowest BCUT2D eigenvalue weighted by atomic mass is 9.84. The molecular weight excluding hydrogens is 463 g/mol. The van der Waals surface area contributed by atoms with Gasteiger partial charge in [-0.25, -0.2) is 4.39 Å². The minimum Gasteiger partial charge on any atom is -0.481 e. The number of para-hydroxylation sites is 1. The van der Waals surface area contributed by atoms with Crippen LogP contribution in [-0.2, 0) is 11.2 Å². The number of ether oxygens (including phenoxy) is 1. The van der Waals surface area contributed by atoms with Gasteiger partial charge in [-0.05, 0) is 67.3 Å². The van der Waals surface area contributed by atoms with Crippen LogP contribution >= 0.6 is 11.3 Å². The van der Waals surface area contributed by atoms with Gasteiger partial charge in [0.25, 0.3) is 11.8 Å². The average molecular weight is 495 g/mol. The monoisotopic (exact) mass is 494 g/mol. The largest absolute Gasteiger partial charge is 0.481 e. The summed E-state index contributed by atoms with van der Waals surface area (Å²) in [5, 5.41) is 3.73. The van der Waals surface area contributed by atoms with Gasteiger partial charge in [-0.15, -0.1) is 0 Å². The summed E-state index contributed by atoms with van der Waals surface area (Å²) in [5.41, 5.74) is 1.25. The Morgan fingerprint density at radius 3 is 2.43 bits per heavy atom. The lowest BCUT2D eigenvalue weighted by Gasteiger charge is -2.40. The molecule has 5 nitrogen and oxygen atoms in total. The molecule has 2 atom stereocenters. The Kier molecular flexibility index (Phi) is 8.18. The molecule has 0 bridgehead atoms. The van der Waals surface area contributed by atoms with Crippen molar-refractivity contribution in [2.24, 2.45) is 5.92 Å². The highest BCUT2D eigenvalue weighted by Gasteiger charge is 2.34. The normalized spacial score (nSPS) is 15.9. The summed E-state index contributed by atoms with van der Waals surface area (Å²) in [6.07, 6.45) is 1.34. The number of rotatable bonds is 8. The van der Waals surface area contributed by atoms with E-state index >= 15 is 0 Å². The highest BCUT2D eigenvalue weighted by atomic mass is 32.1. The van der Waals surface area contributed by atoms with E-state index in [2.05, 4.69) is 0 Å². The molecular formula is C28H31FN2O3S. The standard InChI is InChI=1S/C28H31FN2O3S/c1-20(34-24-9-4-3-5-10-24)27(32)31-15-12-21(13-16-31)26(18-22-8-6-7-11-25(22)29)30(2)28(33)23-14-17-35-19-23/h3-11,14,17,19-21,26H,12-13,15-16,18H2,1-2H3/t20-,26+/m0/s1. The predicted molar refractivity (Wildman–Crippen MR) is 136 cm³/mol. The van der Waals surface area contributed by atoms with Gasteiger partial charge in [-0.3, -0.25) is 9.59 Å². The first-order valence-electron chi connectivity index (χ1n) is 12.0. The number of hydrogen-bond donors (Lipinski definition) is 0. The molecule has 1 aromatic heterocycles. The third kappa shape index (κ3) is 6.09. The zero-order valence-electron chi connectivity index (χ0n) is 20.1. The van der Waals surface area contributed by atoms with Gasteiger partial charge >= 0.3 is 0 Å². The molecule has 1 aliphatic heterocycles. The second kappa shape index (κ2) is 11.5. The number of likely N-dealkylation sites (N-methyl/N-ethyl adjacent to an activating group) is 1. The van der Waals surface area contributed by atoms with Gasteiger partial charge in [0.05, 0.1) is 5.56 Å². The summed E-state index contributed by atoms with van der Waals surface area (Å²) in [7, 11) is 1.80. The van der Waals surface area contributed by atoms with Crippen molar-refractivity contribution < 1.29 is 18.7 Å². The van der Waals surface area contributed by atoms with E-state index in [9.17, 15) is 14.0 Å². The predicted octanol–water partition coefficient (Wildman–Crippen LogP) is 5.28. The number of thiophene rings is 1. The molecule has 0 spiro atoms. The van der Waals surface area contributed by atoms with Crippen LogP contribution in [-0.4, -0.2) is 53.9 Å². The maximum absolute atomic E-state index is 14.5. The van der Waals surface area contributed by atoms with Crippen LogP contribution in [0.4, 0.5) is 4.39 Å². The molecule has 2 amide bonds. The molecule has 7 heteroatoms. The maximum Gasteiger partial charge on any atom is 0.263 e. The quantitative estimate of drug-likeness (QED) is 0.428. The van der Waals surface area contributed by atoms with Crippen molar-refractivity contribution in [1.29, 1.82) is 0 Å². The first kappa shape index (κ1) is 24.9. The molecule has 1 aliphatic rings. The SMILES string of the molecule is C[C@H](Oc1ccccc1)C(=O)N1CCC([C@@H](Cc2ccccc2F)N(C)C(=O)c2ccsc2)CC1. The second-order valence-electron chi connectivity index (χ2n) is 9.03. The minimum absolute atomic E-state index is 0.0411. The van der Waals surface area contributed by atoms with Gasteiger partial charge in [0.15, 0.2) is 6.10 Å². The van der Waals surface area contributed by atoms with Crippen molar-refractivity contribution in [3.05, 3.63) is 88.4 Å². The highest BCUT2D eigenvalue weighted by molar-refractivity contribution is 7.08. The number of benzene rings is 2. The van der Waals surface area contributed by atoms with Crippen LogP contribution in [0.25, 0.3) is 0 Å². The Hall–Kier alpha value is -3.19. The number of carbonyl (C=O) groups is 2. The molecule has 0 N–H and O–H groups in total. The Labute approximate surface area is 210 Å². The summed E-state index contributed by atoms with van der Waals surface area (Å²) in [4.78, 5) is 29.8. The zero-order valence-corrected chi connectivity index (χ0v) is 20.9. The van der Waals surface area contributed by atoms with E-state index in [1.54, 1.807) is 31.0 Å². The maximum atomic E-state index is 14.5. The van der Waals surface area contributed by atoms with E-state index in [4.69, 9.17) is 4.74 Å². The van der Waals surface area contributed by atoms with Gasteiger partial charge in [0, 0.05) is 31.6 Å². The fraction of sp³-hybridized carbons (Fsp3) is 0.357. The van der Waals surface area contributed by atoms with Crippen molar-refractivity contribution in [3.8, 4) is 5.75 Å². The van der Waals surface area contributed by atoms with E-state index in [-0.39, 0.29) is 29.6 Å². The molecule has 1 fully saturated rings. The van der Waals surface area contributed by atoms with Crippen LogP contribution < -0.4 is 4.74 Å². The number of piperidine rings is 1. The van der Waals surface area contributed by atoms with Gasteiger partial charge in [0.1, 0.15) is 11.6 Å². The van der Waals surface area contributed by atoms with Crippen LogP contribution in [0.3, 0.4) is 0 Å². The van der Waals surface area contributed by atoms with Crippen LogP contribution in [0.1, 0.15) is 35.7 Å². The van der Waals surface area contributed by atoms with Crippen molar-refractivity contribution in [1.82, 2.24) is 9.80 Å². The molecule has 2 heterocycles. The van der Waals surface area contributed by atoms with Crippen molar-refractivity contribution in [2.75, 3.05) is 20.1 Å². The molecule has 35 heavy (non-hydrogen) atoms. The third-order valence-electron chi connectivity index (χ3n) is 6.77. The van der Waals surface area contributed by atoms with Gasteiger partial charge < -0.3 is 14.5 Å². The topological polar surface area (TPSA) is 49.9 Å². The van der Waals surface area contributed by atoms with Crippen molar-refractivity contribution in [2.45, 2.75) is 38.3 Å².